The van der Waals surface area contributed by atoms with E-state index in [9.17, 15) is 0 Å². The molecule has 0 amide bonds. The van der Waals surface area contributed by atoms with E-state index in [-0.39, 0.29) is 12.1 Å². The van der Waals surface area contributed by atoms with Crippen molar-refractivity contribution >= 4 is 5.69 Å². The maximum atomic E-state index is 5.99. The predicted octanol–water partition coefficient (Wildman–Crippen LogP) is 2.87. The Hall–Kier alpha value is -1.22. The number of hydrogen-bond donors (Lipinski definition) is 2. The van der Waals surface area contributed by atoms with Gasteiger partial charge in [0, 0.05) is 24.3 Å². The summed E-state index contributed by atoms with van der Waals surface area (Å²) in [5.41, 5.74) is 7.04. The third kappa shape index (κ3) is 5.09. The van der Waals surface area contributed by atoms with E-state index >= 15 is 0 Å². The molecule has 1 atom stereocenters. The first kappa shape index (κ1) is 13.8. The molecule has 0 saturated heterocycles. The van der Waals surface area contributed by atoms with E-state index in [0.29, 0.717) is 5.92 Å². The molecule has 0 saturated carbocycles. The zero-order valence-electron chi connectivity index (χ0n) is 11.2. The second-order valence-electron chi connectivity index (χ2n) is 4.98. The molecule has 0 bridgehead atoms. The molecule has 1 aromatic rings. The molecule has 1 aromatic carbocycles. The number of nitrogens with two attached hydrogens (primary N) is 1. The molecule has 0 fully saturated rings. The van der Waals surface area contributed by atoms with Gasteiger partial charge in [-0.25, -0.2) is 0 Å². The molecule has 0 aliphatic carbocycles. The van der Waals surface area contributed by atoms with Crippen LogP contribution in [0.25, 0.3) is 0 Å². The number of nitrogens with one attached hydrogen (secondary N) is 1. The topological polar surface area (TPSA) is 47.3 Å². The molecule has 0 aromatic heterocycles. The molecule has 3 heteroatoms. The summed E-state index contributed by atoms with van der Waals surface area (Å²) in [7, 11) is 0. The summed E-state index contributed by atoms with van der Waals surface area (Å²) in [5.74, 6) is 1.38. The van der Waals surface area contributed by atoms with Crippen molar-refractivity contribution in [3.8, 4) is 5.75 Å². The maximum absolute atomic E-state index is 5.99. The molecule has 0 spiro atoms. The lowest BCUT2D eigenvalue weighted by Gasteiger charge is -2.17. The van der Waals surface area contributed by atoms with Crippen molar-refractivity contribution in [3.63, 3.8) is 0 Å². The molecule has 0 aliphatic rings. The molecule has 0 radical (unpaired) electrons. The molecular weight excluding hydrogens is 212 g/mol. The molecule has 3 nitrogen and oxygen atoms in total. The van der Waals surface area contributed by atoms with E-state index in [1.54, 1.807) is 0 Å². The number of ether oxygens (including phenoxy) is 1. The fourth-order valence-corrected chi connectivity index (χ4v) is 1.42. The van der Waals surface area contributed by atoms with Crippen LogP contribution >= 0.6 is 0 Å². The van der Waals surface area contributed by atoms with Crippen molar-refractivity contribution in [1.82, 2.24) is 0 Å². The second-order valence-corrected chi connectivity index (χ2v) is 4.98. The quantitative estimate of drug-likeness (QED) is 0.798. The molecule has 0 heterocycles. The summed E-state index contributed by atoms with van der Waals surface area (Å²) in [6, 6.07) is 8.16. The van der Waals surface area contributed by atoms with E-state index in [1.807, 2.05) is 38.1 Å². The van der Waals surface area contributed by atoms with Crippen LogP contribution in [0.5, 0.6) is 5.75 Å². The van der Waals surface area contributed by atoms with Gasteiger partial charge in [0.1, 0.15) is 5.75 Å². The van der Waals surface area contributed by atoms with E-state index in [2.05, 4.69) is 19.2 Å². The zero-order valence-corrected chi connectivity index (χ0v) is 11.2. The number of hydrogen-bond acceptors (Lipinski definition) is 3. The lowest BCUT2D eigenvalue weighted by atomic mass is 10.1. The van der Waals surface area contributed by atoms with Gasteiger partial charge in [-0.15, -0.1) is 0 Å². The standard InChI is InChI=1S/C14H24N2O/c1-10(2)14(15)9-16-12-6-5-7-13(8-12)17-11(3)4/h5-8,10-11,14,16H,9,15H2,1-4H3. The SMILES string of the molecule is CC(C)Oc1cccc(NCC(N)C(C)C)c1. The van der Waals surface area contributed by atoms with Crippen molar-refractivity contribution in [2.45, 2.75) is 39.8 Å². The Morgan fingerprint density at radius 1 is 1.24 bits per heavy atom. The Balaban J connectivity index is 2.54. The fourth-order valence-electron chi connectivity index (χ4n) is 1.42. The first-order valence-corrected chi connectivity index (χ1v) is 6.25. The van der Waals surface area contributed by atoms with Gasteiger partial charge in [0.15, 0.2) is 0 Å². The lowest BCUT2D eigenvalue weighted by Crippen LogP contribution is -2.33. The van der Waals surface area contributed by atoms with E-state index < -0.39 is 0 Å². The Morgan fingerprint density at radius 3 is 2.53 bits per heavy atom. The summed E-state index contributed by atoms with van der Waals surface area (Å²) < 4.78 is 5.64. The molecule has 96 valence electrons. The largest absolute Gasteiger partial charge is 0.491 e. The highest BCUT2D eigenvalue weighted by atomic mass is 16.5. The first-order chi connectivity index (χ1) is 7.99. The monoisotopic (exact) mass is 236 g/mol. The Morgan fingerprint density at radius 2 is 1.94 bits per heavy atom. The maximum Gasteiger partial charge on any atom is 0.121 e. The highest BCUT2D eigenvalue weighted by molar-refractivity contribution is 5.48. The van der Waals surface area contributed by atoms with Crippen LogP contribution in [-0.2, 0) is 0 Å². The first-order valence-electron chi connectivity index (χ1n) is 6.25. The fraction of sp³-hybridized carbons (Fsp3) is 0.571. The van der Waals surface area contributed by atoms with Gasteiger partial charge in [-0.3, -0.25) is 0 Å². The van der Waals surface area contributed by atoms with E-state index in [0.717, 1.165) is 18.0 Å². The molecule has 1 unspecified atom stereocenters. The van der Waals surface area contributed by atoms with Crippen molar-refractivity contribution in [2.75, 3.05) is 11.9 Å². The van der Waals surface area contributed by atoms with Crippen LogP contribution in [0.4, 0.5) is 5.69 Å². The average molecular weight is 236 g/mol. The minimum absolute atomic E-state index is 0.171. The summed E-state index contributed by atoms with van der Waals surface area (Å²) in [6.45, 7) is 9.08. The molecule has 1 rings (SSSR count). The third-order valence-corrected chi connectivity index (χ3v) is 2.60. The van der Waals surface area contributed by atoms with Crippen LogP contribution in [0, 0.1) is 5.92 Å². The van der Waals surface area contributed by atoms with Gasteiger partial charge in [-0.1, -0.05) is 19.9 Å². The van der Waals surface area contributed by atoms with Crippen molar-refractivity contribution in [2.24, 2.45) is 11.7 Å². The van der Waals surface area contributed by atoms with Gasteiger partial charge in [0.25, 0.3) is 0 Å². The lowest BCUT2D eigenvalue weighted by molar-refractivity contribution is 0.242. The number of rotatable bonds is 6. The summed E-state index contributed by atoms with van der Waals surface area (Å²) >= 11 is 0. The summed E-state index contributed by atoms with van der Waals surface area (Å²) in [5, 5.41) is 3.33. The molecule has 3 N–H and O–H groups in total. The molecule has 0 aliphatic heterocycles. The van der Waals surface area contributed by atoms with Crippen LogP contribution < -0.4 is 15.8 Å². The summed E-state index contributed by atoms with van der Waals surface area (Å²) in [4.78, 5) is 0. The van der Waals surface area contributed by atoms with E-state index in [4.69, 9.17) is 10.5 Å². The van der Waals surface area contributed by atoms with Crippen LogP contribution in [0.3, 0.4) is 0 Å². The van der Waals surface area contributed by atoms with Crippen LogP contribution in [-0.4, -0.2) is 18.7 Å². The van der Waals surface area contributed by atoms with Gasteiger partial charge >= 0.3 is 0 Å². The van der Waals surface area contributed by atoms with Crippen LogP contribution in [0.1, 0.15) is 27.7 Å². The molecular formula is C14H24N2O. The van der Waals surface area contributed by atoms with Gasteiger partial charge in [0.2, 0.25) is 0 Å². The van der Waals surface area contributed by atoms with E-state index in [1.165, 1.54) is 0 Å². The minimum Gasteiger partial charge on any atom is -0.491 e. The van der Waals surface area contributed by atoms with Gasteiger partial charge in [0.05, 0.1) is 6.10 Å². The van der Waals surface area contributed by atoms with Crippen molar-refractivity contribution in [3.05, 3.63) is 24.3 Å². The van der Waals surface area contributed by atoms with Crippen molar-refractivity contribution < 1.29 is 4.74 Å². The highest BCUT2D eigenvalue weighted by Crippen LogP contribution is 2.18. The number of anilines is 1. The van der Waals surface area contributed by atoms with Crippen LogP contribution in [0.15, 0.2) is 24.3 Å². The Kier molecular flexibility index (Phi) is 5.29. The van der Waals surface area contributed by atoms with Gasteiger partial charge in [-0.2, -0.15) is 0 Å². The average Bonchev–Trinajstić information content (AvgIpc) is 2.25. The highest BCUT2D eigenvalue weighted by Gasteiger charge is 2.07. The Bertz CT molecular complexity index is 337. The summed E-state index contributed by atoms with van der Waals surface area (Å²) in [6.07, 6.45) is 0.197. The normalized spacial score (nSPS) is 12.9. The zero-order chi connectivity index (χ0) is 12.8. The second kappa shape index (κ2) is 6.50. The smallest absolute Gasteiger partial charge is 0.121 e. The Labute approximate surface area is 104 Å². The van der Waals surface area contributed by atoms with Gasteiger partial charge in [-0.05, 0) is 31.9 Å². The predicted molar refractivity (Wildman–Crippen MR) is 73.5 cm³/mol. The van der Waals surface area contributed by atoms with Gasteiger partial charge < -0.3 is 15.8 Å². The van der Waals surface area contributed by atoms with Crippen molar-refractivity contribution in [1.29, 1.82) is 0 Å². The molecule has 17 heavy (non-hydrogen) atoms. The number of benzene rings is 1. The minimum atomic E-state index is 0.171. The third-order valence-electron chi connectivity index (χ3n) is 2.60. The van der Waals surface area contributed by atoms with Crippen LogP contribution in [0.2, 0.25) is 0 Å².